The summed E-state index contributed by atoms with van der Waals surface area (Å²) in [5.74, 6) is -0.0886. The van der Waals surface area contributed by atoms with Gasteiger partial charge < -0.3 is 20.3 Å². The third-order valence-corrected chi connectivity index (χ3v) is 5.68. The van der Waals surface area contributed by atoms with E-state index in [4.69, 9.17) is 16.3 Å². The maximum Gasteiger partial charge on any atom is 0.322 e. The molecule has 1 aromatic rings. The minimum atomic E-state index is -0.226. The van der Waals surface area contributed by atoms with Gasteiger partial charge in [-0.15, -0.1) is 0 Å². The fourth-order valence-corrected chi connectivity index (χ4v) is 3.90. The van der Waals surface area contributed by atoms with Crippen molar-refractivity contribution in [1.29, 1.82) is 0 Å². The Morgan fingerprint density at radius 2 is 2.00 bits per heavy atom. The Morgan fingerprint density at radius 3 is 2.72 bits per heavy atom. The van der Waals surface area contributed by atoms with Crippen molar-refractivity contribution >= 4 is 29.2 Å². The van der Waals surface area contributed by atoms with E-state index in [9.17, 15) is 9.59 Å². The molecule has 3 fully saturated rings. The van der Waals surface area contributed by atoms with E-state index in [0.29, 0.717) is 36.3 Å². The van der Waals surface area contributed by atoms with Crippen LogP contribution in [0.4, 0.5) is 10.5 Å². The zero-order valence-electron chi connectivity index (χ0n) is 13.9. The largest absolute Gasteiger partial charge is 0.370 e. The van der Waals surface area contributed by atoms with Crippen LogP contribution in [0.1, 0.15) is 25.7 Å². The van der Waals surface area contributed by atoms with Gasteiger partial charge in [0.05, 0.1) is 28.8 Å². The van der Waals surface area contributed by atoms with Crippen molar-refractivity contribution in [2.24, 2.45) is 5.92 Å². The highest BCUT2D eigenvalue weighted by atomic mass is 35.5. The Balaban J connectivity index is 1.37. The molecule has 1 aromatic carbocycles. The average Bonchev–Trinajstić information content (AvgIpc) is 2.87. The van der Waals surface area contributed by atoms with E-state index in [1.807, 2.05) is 12.1 Å². The van der Waals surface area contributed by atoms with Gasteiger partial charge in [-0.05, 0) is 37.8 Å². The number of likely N-dealkylation sites (tertiary alicyclic amines) is 1. The smallest absolute Gasteiger partial charge is 0.322 e. The van der Waals surface area contributed by atoms with Crippen LogP contribution in [-0.2, 0) is 9.53 Å². The first-order valence-corrected chi connectivity index (χ1v) is 9.24. The molecule has 4 rings (SSSR count). The Morgan fingerprint density at radius 1 is 1.20 bits per heavy atom. The molecule has 2 saturated heterocycles. The number of fused-ring (bicyclic) bond motifs is 2. The van der Waals surface area contributed by atoms with Crippen molar-refractivity contribution in [3.63, 3.8) is 0 Å². The van der Waals surface area contributed by atoms with Gasteiger partial charge in [0.1, 0.15) is 0 Å². The van der Waals surface area contributed by atoms with Gasteiger partial charge in [0, 0.05) is 19.1 Å². The molecule has 134 valence electrons. The molecule has 25 heavy (non-hydrogen) atoms. The molecule has 2 bridgehead atoms. The summed E-state index contributed by atoms with van der Waals surface area (Å²) in [5, 5.41) is 6.45. The number of amides is 3. The van der Waals surface area contributed by atoms with Crippen molar-refractivity contribution in [3.05, 3.63) is 29.3 Å². The molecule has 0 aromatic heterocycles. The van der Waals surface area contributed by atoms with Crippen LogP contribution in [-0.4, -0.2) is 48.2 Å². The summed E-state index contributed by atoms with van der Waals surface area (Å²) in [6.07, 6.45) is 3.70. The second-order valence-corrected chi connectivity index (χ2v) is 7.50. The van der Waals surface area contributed by atoms with Crippen molar-refractivity contribution in [3.8, 4) is 0 Å². The fraction of sp³-hybridized carbons (Fsp3) is 0.556. The monoisotopic (exact) mass is 363 g/mol. The minimum Gasteiger partial charge on any atom is -0.370 e. The van der Waals surface area contributed by atoms with E-state index in [0.717, 1.165) is 12.8 Å². The molecule has 0 radical (unpaired) electrons. The average molecular weight is 364 g/mol. The quantitative estimate of drug-likeness (QED) is 0.867. The Kier molecular flexibility index (Phi) is 4.56. The summed E-state index contributed by atoms with van der Waals surface area (Å²) in [5.41, 5.74) is 0.590. The number of nitrogens with one attached hydrogen (secondary N) is 2. The first-order chi connectivity index (χ1) is 12.1. The Hall–Kier alpha value is -1.79. The summed E-state index contributed by atoms with van der Waals surface area (Å²) < 4.78 is 5.91. The van der Waals surface area contributed by atoms with Crippen molar-refractivity contribution < 1.29 is 14.3 Å². The second kappa shape index (κ2) is 6.84. The van der Waals surface area contributed by atoms with Crippen molar-refractivity contribution in [2.75, 3.05) is 18.4 Å². The Bertz CT molecular complexity index is 679. The molecule has 3 amide bonds. The topological polar surface area (TPSA) is 70.7 Å². The van der Waals surface area contributed by atoms with Crippen molar-refractivity contribution in [1.82, 2.24) is 10.2 Å². The lowest BCUT2D eigenvalue weighted by Gasteiger charge is -2.33. The maximum absolute atomic E-state index is 12.5. The van der Waals surface area contributed by atoms with Gasteiger partial charge in [0.2, 0.25) is 5.91 Å². The number of ether oxygens (including phenoxy) is 1. The number of hydrogen-bond acceptors (Lipinski definition) is 3. The summed E-state index contributed by atoms with van der Waals surface area (Å²) in [4.78, 5) is 26.7. The van der Waals surface area contributed by atoms with Crippen LogP contribution in [0.2, 0.25) is 5.02 Å². The lowest BCUT2D eigenvalue weighted by atomic mass is 9.91. The van der Waals surface area contributed by atoms with Gasteiger partial charge >= 0.3 is 6.03 Å². The van der Waals surface area contributed by atoms with Gasteiger partial charge in [0.15, 0.2) is 0 Å². The van der Waals surface area contributed by atoms with Crippen LogP contribution in [0, 0.1) is 5.92 Å². The Labute approximate surface area is 151 Å². The highest BCUT2D eigenvalue weighted by molar-refractivity contribution is 6.33. The number of nitrogens with zero attached hydrogens (tertiary/aromatic N) is 1. The van der Waals surface area contributed by atoms with Crippen LogP contribution >= 0.6 is 11.6 Å². The number of hydrogen-bond donors (Lipinski definition) is 2. The normalized spacial score (nSPS) is 28.4. The van der Waals surface area contributed by atoms with E-state index >= 15 is 0 Å². The zero-order chi connectivity index (χ0) is 17.4. The highest BCUT2D eigenvalue weighted by Gasteiger charge is 2.46. The number of morpholine rings is 1. The third kappa shape index (κ3) is 3.46. The zero-order valence-corrected chi connectivity index (χ0v) is 14.7. The standard InChI is InChI=1S/C18H22ClN3O3/c19-14-6-1-2-7-15(14)21-18(24)22-9-12-8-13(16(10-22)25-12)17(23)20-11-4-3-5-11/h1-2,6-7,11-13,16H,3-5,8-10H2,(H,20,23)(H,21,24)/t12-,13+,16-/m0/s1. The molecule has 0 unspecified atom stereocenters. The van der Waals surface area contributed by atoms with Gasteiger partial charge in [-0.25, -0.2) is 4.79 Å². The molecule has 2 N–H and O–H groups in total. The molecule has 7 heteroatoms. The third-order valence-electron chi connectivity index (χ3n) is 5.35. The summed E-state index contributed by atoms with van der Waals surface area (Å²) in [6, 6.07) is 7.27. The number of carbonyl (C=O) groups excluding carboxylic acids is 2. The molecule has 2 aliphatic heterocycles. The molecule has 6 nitrogen and oxygen atoms in total. The molecule has 1 aliphatic carbocycles. The van der Waals surface area contributed by atoms with Gasteiger partial charge in [-0.1, -0.05) is 23.7 Å². The van der Waals surface area contributed by atoms with Crippen LogP contribution in [0.25, 0.3) is 0 Å². The molecule has 2 heterocycles. The highest BCUT2D eigenvalue weighted by Crippen LogP contribution is 2.33. The second-order valence-electron chi connectivity index (χ2n) is 7.09. The molecule has 0 spiro atoms. The van der Waals surface area contributed by atoms with Gasteiger partial charge in [-0.3, -0.25) is 4.79 Å². The van der Waals surface area contributed by atoms with Crippen LogP contribution in [0.15, 0.2) is 24.3 Å². The van der Waals surface area contributed by atoms with E-state index in [1.54, 1.807) is 17.0 Å². The number of carbonyl (C=O) groups is 2. The van der Waals surface area contributed by atoms with E-state index in [2.05, 4.69) is 10.6 Å². The maximum atomic E-state index is 12.5. The van der Waals surface area contributed by atoms with Crippen molar-refractivity contribution in [2.45, 2.75) is 43.9 Å². The first-order valence-electron chi connectivity index (χ1n) is 8.86. The van der Waals surface area contributed by atoms with E-state index in [1.165, 1.54) is 6.42 Å². The van der Waals surface area contributed by atoms with Crippen LogP contribution in [0.5, 0.6) is 0 Å². The number of benzene rings is 1. The van der Waals surface area contributed by atoms with Gasteiger partial charge in [0.25, 0.3) is 0 Å². The molecule has 3 aliphatic rings. The number of urea groups is 1. The molecular weight excluding hydrogens is 342 g/mol. The van der Waals surface area contributed by atoms with Gasteiger partial charge in [-0.2, -0.15) is 0 Å². The van der Waals surface area contributed by atoms with E-state index in [-0.39, 0.29) is 30.1 Å². The summed E-state index contributed by atoms with van der Waals surface area (Å²) in [7, 11) is 0. The minimum absolute atomic E-state index is 0.0746. The SMILES string of the molecule is O=C(NC1CCC1)[C@@H]1C[C@H]2CN(C(=O)Nc3ccccc3Cl)C[C@@H]1O2. The molecule has 3 atom stereocenters. The fourth-order valence-electron chi connectivity index (χ4n) is 3.72. The summed E-state index contributed by atoms with van der Waals surface area (Å²) in [6.45, 7) is 0.926. The summed E-state index contributed by atoms with van der Waals surface area (Å²) >= 11 is 6.10. The lowest BCUT2D eigenvalue weighted by molar-refractivity contribution is -0.128. The lowest BCUT2D eigenvalue weighted by Crippen LogP contribution is -2.50. The number of para-hydroxylation sites is 1. The number of halogens is 1. The predicted octanol–water partition coefficient (Wildman–Crippen LogP) is 2.63. The van der Waals surface area contributed by atoms with Crippen LogP contribution in [0.3, 0.4) is 0 Å². The predicted molar refractivity (Wildman–Crippen MR) is 94.6 cm³/mol. The molecular formula is C18H22ClN3O3. The first kappa shape index (κ1) is 16.7. The number of anilines is 1. The van der Waals surface area contributed by atoms with Crippen LogP contribution < -0.4 is 10.6 Å². The number of rotatable bonds is 3. The molecule has 1 saturated carbocycles. The van der Waals surface area contributed by atoms with E-state index < -0.39 is 0 Å².